The van der Waals surface area contributed by atoms with E-state index in [0.29, 0.717) is 0 Å². The molecule has 0 saturated carbocycles. The van der Waals surface area contributed by atoms with Crippen LogP contribution >= 0.6 is 0 Å². The highest BCUT2D eigenvalue weighted by Gasteiger charge is 2.19. The number of nitriles is 3. The lowest BCUT2D eigenvalue weighted by Gasteiger charge is -1.95. The Hall–Kier alpha value is -2.81. The summed E-state index contributed by atoms with van der Waals surface area (Å²) < 4.78 is 5.19. The highest BCUT2D eigenvalue weighted by molar-refractivity contribution is 5.92. The van der Waals surface area contributed by atoms with Gasteiger partial charge in [-0.3, -0.25) is 0 Å². The summed E-state index contributed by atoms with van der Waals surface area (Å²) in [6.45, 7) is -0.676. The Kier molecular flexibility index (Phi) is 2.51. The second-order valence-electron chi connectivity index (χ2n) is 3.24. The highest BCUT2D eigenvalue weighted by Crippen LogP contribution is 2.30. The average molecular weight is 222 g/mol. The fourth-order valence-corrected chi connectivity index (χ4v) is 1.67. The minimum Gasteiger partial charge on any atom is -0.457 e. The van der Waals surface area contributed by atoms with Gasteiger partial charge in [0.1, 0.15) is 36.0 Å². The van der Waals surface area contributed by atoms with E-state index in [9.17, 15) is 5.11 Å². The molecule has 2 rings (SSSR count). The summed E-state index contributed by atoms with van der Waals surface area (Å²) in [4.78, 5) is 0. The van der Waals surface area contributed by atoms with E-state index in [1.165, 1.54) is 12.1 Å². The van der Waals surface area contributed by atoms with E-state index >= 15 is 0 Å². The maximum Gasteiger partial charge on any atom is 0.152 e. The van der Waals surface area contributed by atoms with Crippen molar-refractivity contribution in [3.8, 4) is 18.2 Å². The predicted octanol–water partition coefficient (Wildman–Crippen LogP) is 1.98. The molecule has 0 fully saturated rings. The Bertz CT molecular complexity index is 723. The monoisotopic (exact) mass is 222 g/mol. The second kappa shape index (κ2) is 3.98. The molecule has 0 unspecified atom stereocenters. The Morgan fingerprint density at radius 3 is 2.29 bits per heavy atom. The van der Waals surface area contributed by atoms with Gasteiger partial charge in [0.05, 0.1) is 16.5 Å². The van der Waals surface area contributed by atoms with Crippen LogP contribution < -0.4 is 0 Å². The molecular formula is C12H4N3O2. The molecule has 1 radical (unpaired) electrons. The summed E-state index contributed by atoms with van der Waals surface area (Å²) in [5.41, 5.74) is 0.561. The highest BCUT2D eigenvalue weighted by atomic mass is 16.4. The third-order valence-electron chi connectivity index (χ3n) is 2.40. The number of hydrogen-bond acceptors (Lipinski definition) is 4. The molecule has 2 aromatic rings. The van der Waals surface area contributed by atoms with E-state index in [1.54, 1.807) is 0 Å². The van der Waals surface area contributed by atoms with E-state index < -0.39 is 6.61 Å². The zero-order chi connectivity index (χ0) is 12.4. The van der Waals surface area contributed by atoms with Gasteiger partial charge in [-0.15, -0.1) is 0 Å². The summed E-state index contributed by atoms with van der Waals surface area (Å²) >= 11 is 0. The van der Waals surface area contributed by atoms with Crippen LogP contribution in [-0.4, -0.2) is 0 Å². The number of furan rings is 1. The Labute approximate surface area is 96.3 Å². The zero-order valence-electron chi connectivity index (χ0n) is 8.52. The van der Waals surface area contributed by atoms with Gasteiger partial charge in [0.25, 0.3) is 0 Å². The van der Waals surface area contributed by atoms with E-state index in [-0.39, 0.29) is 33.4 Å². The molecule has 1 aromatic carbocycles. The first kappa shape index (κ1) is 10.7. The third-order valence-corrected chi connectivity index (χ3v) is 2.40. The standard InChI is InChI=1S/C12H4N3O2/c13-3-7-1-2-10-12(8(7)4-14)9(5-15)11(6-16)17-10/h1-2H,6H2. The minimum absolute atomic E-state index is 0.00547. The lowest BCUT2D eigenvalue weighted by atomic mass is 10.0. The van der Waals surface area contributed by atoms with Gasteiger partial charge in [-0.25, -0.2) is 5.11 Å². The largest absolute Gasteiger partial charge is 0.457 e. The minimum atomic E-state index is -0.676. The first-order valence-electron chi connectivity index (χ1n) is 4.63. The maximum atomic E-state index is 10.8. The topological polar surface area (TPSA) is 104 Å². The Morgan fingerprint density at radius 1 is 1.06 bits per heavy atom. The molecule has 0 aliphatic heterocycles. The number of hydrogen-bond donors (Lipinski definition) is 0. The first-order valence-corrected chi connectivity index (χ1v) is 4.63. The number of fused-ring (bicyclic) bond motifs is 1. The molecule has 0 aliphatic carbocycles. The molecule has 79 valence electrons. The lowest BCUT2D eigenvalue weighted by Crippen LogP contribution is -1.87. The van der Waals surface area contributed by atoms with Gasteiger partial charge in [0, 0.05) is 0 Å². The molecule has 5 heteroatoms. The van der Waals surface area contributed by atoms with E-state index in [0.717, 1.165) is 0 Å². The molecule has 5 nitrogen and oxygen atoms in total. The van der Waals surface area contributed by atoms with E-state index in [1.807, 2.05) is 18.2 Å². The summed E-state index contributed by atoms with van der Waals surface area (Å²) in [5, 5.41) is 38.0. The molecule has 0 aliphatic rings. The van der Waals surface area contributed by atoms with Crippen molar-refractivity contribution in [2.24, 2.45) is 0 Å². The molecule has 1 aromatic heterocycles. The van der Waals surface area contributed by atoms with Crippen LogP contribution in [0.2, 0.25) is 0 Å². The molecule has 0 saturated heterocycles. The van der Waals surface area contributed by atoms with E-state index in [4.69, 9.17) is 20.2 Å². The van der Waals surface area contributed by atoms with Crippen molar-refractivity contribution in [2.75, 3.05) is 0 Å². The fourth-order valence-electron chi connectivity index (χ4n) is 1.67. The molecule has 0 bridgehead atoms. The van der Waals surface area contributed by atoms with Crippen LogP contribution in [0.1, 0.15) is 22.5 Å². The van der Waals surface area contributed by atoms with Gasteiger partial charge >= 0.3 is 0 Å². The van der Waals surface area contributed by atoms with Gasteiger partial charge in [-0.1, -0.05) is 0 Å². The molecular weight excluding hydrogens is 218 g/mol. The molecule has 17 heavy (non-hydrogen) atoms. The SMILES string of the molecule is N#Cc1ccc2oc(C[O])c(C#N)c2c1C#N. The molecule has 0 amide bonds. The van der Waals surface area contributed by atoms with Gasteiger partial charge in [-0.2, -0.15) is 15.8 Å². The molecule has 1 heterocycles. The third kappa shape index (κ3) is 1.41. The second-order valence-corrected chi connectivity index (χ2v) is 3.24. The van der Waals surface area contributed by atoms with Gasteiger partial charge in [0.2, 0.25) is 0 Å². The van der Waals surface area contributed by atoms with Crippen LogP contribution in [0.5, 0.6) is 0 Å². The van der Waals surface area contributed by atoms with Crippen molar-refractivity contribution < 1.29 is 9.52 Å². The van der Waals surface area contributed by atoms with Crippen molar-refractivity contribution in [3.05, 3.63) is 34.6 Å². The quantitative estimate of drug-likeness (QED) is 0.735. The van der Waals surface area contributed by atoms with Crippen molar-refractivity contribution in [2.45, 2.75) is 6.61 Å². The molecule has 0 atom stereocenters. The van der Waals surface area contributed by atoms with Gasteiger partial charge in [0.15, 0.2) is 5.76 Å². The lowest BCUT2D eigenvalue weighted by molar-refractivity contribution is 0.157. The van der Waals surface area contributed by atoms with Crippen LogP contribution in [0.25, 0.3) is 11.0 Å². The van der Waals surface area contributed by atoms with E-state index in [2.05, 4.69) is 0 Å². The van der Waals surface area contributed by atoms with Crippen LogP contribution in [0.3, 0.4) is 0 Å². The van der Waals surface area contributed by atoms with Crippen molar-refractivity contribution in [1.82, 2.24) is 0 Å². The maximum absolute atomic E-state index is 10.8. The molecule has 0 spiro atoms. The smallest absolute Gasteiger partial charge is 0.152 e. The van der Waals surface area contributed by atoms with Crippen molar-refractivity contribution in [3.63, 3.8) is 0 Å². The van der Waals surface area contributed by atoms with Crippen molar-refractivity contribution in [1.29, 1.82) is 15.8 Å². The number of rotatable bonds is 1. The molecule has 0 N–H and O–H groups in total. The van der Waals surface area contributed by atoms with Crippen molar-refractivity contribution >= 4 is 11.0 Å². The number of nitrogens with zero attached hydrogens (tertiary/aromatic N) is 3. The fraction of sp³-hybridized carbons (Fsp3) is 0.0833. The van der Waals surface area contributed by atoms with Gasteiger partial charge in [-0.05, 0) is 12.1 Å². The number of benzene rings is 1. The zero-order valence-corrected chi connectivity index (χ0v) is 8.52. The summed E-state index contributed by atoms with van der Waals surface area (Å²) in [6.07, 6.45) is 0. The van der Waals surface area contributed by atoms with Gasteiger partial charge < -0.3 is 4.42 Å². The van der Waals surface area contributed by atoms with Crippen LogP contribution in [0.4, 0.5) is 0 Å². The van der Waals surface area contributed by atoms with Crippen LogP contribution in [0, 0.1) is 34.0 Å². The average Bonchev–Trinajstić information content (AvgIpc) is 2.74. The van der Waals surface area contributed by atoms with Crippen LogP contribution in [0.15, 0.2) is 16.5 Å². The van der Waals surface area contributed by atoms with Crippen LogP contribution in [-0.2, 0) is 11.7 Å². The predicted molar refractivity (Wildman–Crippen MR) is 54.7 cm³/mol. The summed E-state index contributed by atoms with van der Waals surface area (Å²) in [6, 6.07) is 8.48. The normalized spacial score (nSPS) is 9.53. The Morgan fingerprint density at radius 2 is 1.76 bits per heavy atom. The Balaban J connectivity index is 3.00. The summed E-state index contributed by atoms with van der Waals surface area (Å²) in [5.74, 6) is -0.00547. The summed E-state index contributed by atoms with van der Waals surface area (Å²) in [7, 11) is 0. The first-order chi connectivity index (χ1) is 8.26.